The number of phenolic OH excluding ortho intramolecular Hbond substituents is 1. The number of para-hydroxylation sites is 1. The van der Waals surface area contributed by atoms with Crippen molar-refractivity contribution < 1.29 is 5.11 Å². The van der Waals surface area contributed by atoms with Gasteiger partial charge in [-0.3, -0.25) is 4.68 Å². The van der Waals surface area contributed by atoms with E-state index in [2.05, 4.69) is 5.10 Å². The minimum Gasteiger partial charge on any atom is -0.508 e. The van der Waals surface area contributed by atoms with E-state index >= 15 is 0 Å². The van der Waals surface area contributed by atoms with Gasteiger partial charge in [-0.15, -0.1) is 0 Å². The lowest BCUT2D eigenvalue weighted by Gasteiger charge is -2.03. The van der Waals surface area contributed by atoms with Gasteiger partial charge in [0.15, 0.2) is 0 Å². The van der Waals surface area contributed by atoms with E-state index in [0.717, 1.165) is 18.5 Å². The molecule has 0 atom stereocenters. The molecule has 2 aromatic rings. The van der Waals surface area contributed by atoms with E-state index < -0.39 is 0 Å². The number of aromatic nitrogens is 2. The molecule has 0 fully saturated rings. The summed E-state index contributed by atoms with van der Waals surface area (Å²) >= 11 is 0. The number of phenols is 1. The largest absolute Gasteiger partial charge is 0.508 e. The molecule has 0 saturated heterocycles. The molecule has 0 aliphatic carbocycles. The third-order valence-corrected chi connectivity index (χ3v) is 2.16. The predicted molar refractivity (Wildman–Crippen MR) is 54.0 cm³/mol. The summed E-state index contributed by atoms with van der Waals surface area (Å²) < 4.78 is 1.85. The van der Waals surface area contributed by atoms with Crippen molar-refractivity contribution in [2.24, 2.45) is 0 Å². The summed E-state index contributed by atoms with van der Waals surface area (Å²) in [5, 5.41) is 13.6. The highest BCUT2D eigenvalue weighted by Crippen LogP contribution is 2.16. The molecule has 0 spiro atoms. The van der Waals surface area contributed by atoms with Gasteiger partial charge in [-0.2, -0.15) is 5.10 Å². The zero-order chi connectivity index (χ0) is 9.80. The molecule has 1 heterocycles. The van der Waals surface area contributed by atoms with Crippen molar-refractivity contribution in [1.29, 1.82) is 0 Å². The van der Waals surface area contributed by atoms with Crippen LogP contribution in [-0.4, -0.2) is 14.9 Å². The van der Waals surface area contributed by atoms with Crippen LogP contribution < -0.4 is 0 Å². The van der Waals surface area contributed by atoms with Crippen molar-refractivity contribution in [3.05, 3.63) is 48.3 Å². The van der Waals surface area contributed by atoms with Gasteiger partial charge in [0.1, 0.15) is 5.75 Å². The van der Waals surface area contributed by atoms with Crippen LogP contribution in [0.5, 0.6) is 5.75 Å². The van der Waals surface area contributed by atoms with Gasteiger partial charge in [-0.25, -0.2) is 0 Å². The third-order valence-electron chi connectivity index (χ3n) is 2.16. The lowest BCUT2D eigenvalue weighted by molar-refractivity contribution is 0.464. The van der Waals surface area contributed by atoms with E-state index in [-0.39, 0.29) is 0 Å². The van der Waals surface area contributed by atoms with Crippen molar-refractivity contribution in [2.45, 2.75) is 13.0 Å². The number of aryl methyl sites for hydroxylation is 2. The van der Waals surface area contributed by atoms with Gasteiger partial charge in [0.25, 0.3) is 0 Å². The van der Waals surface area contributed by atoms with Gasteiger partial charge in [0, 0.05) is 18.9 Å². The minimum atomic E-state index is 0.361. The maximum absolute atomic E-state index is 9.51. The Morgan fingerprint density at radius 2 is 2.07 bits per heavy atom. The molecule has 0 bridgehead atoms. The van der Waals surface area contributed by atoms with Crippen LogP contribution in [0.4, 0.5) is 0 Å². The second-order valence-electron chi connectivity index (χ2n) is 3.15. The maximum Gasteiger partial charge on any atom is 0.118 e. The molecule has 1 aromatic carbocycles. The molecule has 0 aliphatic rings. The van der Waals surface area contributed by atoms with Crippen LogP contribution in [0, 0.1) is 0 Å². The molecule has 1 N–H and O–H groups in total. The molecular weight excluding hydrogens is 176 g/mol. The average molecular weight is 188 g/mol. The molecule has 3 nitrogen and oxygen atoms in total. The molecule has 0 amide bonds. The van der Waals surface area contributed by atoms with Gasteiger partial charge in [-0.05, 0) is 24.1 Å². The molecular formula is C11H12N2O. The van der Waals surface area contributed by atoms with Crippen LogP contribution in [0.15, 0.2) is 42.7 Å². The van der Waals surface area contributed by atoms with E-state index in [1.807, 2.05) is 35.1 Å². The van der Waals surface area contributed by atoms with E-state index in [0.29, 0.717) is 5.75 Å². The Morgan fingerprint density at radius 3 is 2.79 bits per heavy atom. The van der Waals surface area contributed by atoms with Gasteiger partial charge < -0.3 is 5.11 Å². The van der Waals surface area contributed by atoms with Gasteiger partial charge >= 0.3 is 0 Å². The van der Waals surface area contributed by atoms with Gasteiger partial charge in [0.05, 0.1) is 0 Å². The second-order valence-corrected chi connectivity index (χ2v) is 3.15. The fourth-order valence-electron chi connectivity index (χ4n) is 1.39. The number of nitrogens with zero attached hydrogens (tertiary/aromatic N) is 2. The summed E-state index contributed by atoms with van der Waals surface area (Å²) in [6.45, 7) is 0.796. The highest BCUT2D eigenvalue weighted by atomic mass is 16.3. The number of hydrogen-bond donors (Lipinski definition) is 1. The Kier molecular flexibility index (Phi) is 2.49. The van der Waals surface area contributed by atoms with Crippen molar-refractivity contribution in [1.82, 2.24) is 9.78 Å². The number of aromatic hydroxyl groups is 1. The Balaban J connectivity index is 2.02. The first-order chi connectivity index (χ1) is 6.86. The van der Waals surface area contributed by atoms with Crippen molar-refractivity contribution in [3.63, 3.8) is 0 Å². The van der Waals surface area contributed by atoms with Crippen molar-refractivity contribution >= 4 is 0 Å². The second kappa shape index (κ2) is 3.96. The van der Waals surface area contributed by atoms with Crippen molar-refractivity contribution in [3.8, 4) is 5.75 Å². The number of benzene rings is 1. The van der Waals surface area contributed by atoms with Crippen LogP contribution in [0.25, 0.3) is 0 Å². The Labute approximate surface area is 82.6 Å². The molecule has 3 heteroatoms. The summed E-state index contributed by atoms with van der Waals surface area (Å²) in [5.41, 5.74) is 0.961. The topological polar surface area (TPSA) is 38.0 Å². The van der Waals surface area contributed by atoms with E-state index in [4.69, 9.17) is 0 Å². The molecule has 1 aromatic heterocycles. The number of rotatable bonds is 3. The summed E-state index contributed by atoms with van der Waals surface area (Å²) in [4.78, 5) is 0. The highest BCUT2D eigenvalue weighted by molar-refractivity contribution is 5.31. The summed E-state index contributed by atoms with van der Waals surface area (Å²) in [5.74, 6) is 0.361. The average Bonchev–Trinajstić information content (AvgIpc) is 2.69. The fourth-order valence-corrected chi connectivity index (χ4v) is 1.39. The van der Waals surface area contributed by atoms with Crippen LogP contribution in [0.2, 0.25) is 0 Å². The summed E-state index contributed by atoms with van der Waals surface area (Å²) in [6.07, 6.45) is 4.47. The smallest absolute Gasteiger partial charge is 0.118 e. The Bertz CT molecular complexity index is 395. The first-order valence-corrected chi connectivity index (χ1v) is 4.60. The molecule has 0 radical (unpaired) electrons. The zero-order valence-corrected chi connectivity index (χ0v) is 7.80. The van der Waals surface area contributed by atoms with Crippen molar-refractivity contribution in [2.75, 3.05) is 0 Å². The fraction of sp³-hybridized carbons (Fsp3) is 0.182. The quantitative estimate of drug-likeness (QED) is 0.798. The molecule has 2 rings (SSSR count). The Morgan fingerprint density at radius 1 is 1.21 bits per heavy atom. The van der Waals surface area contributed by atoms with Gasteiger partial charge in [0.2, 0.25) is 0 Å². The minimum absolute atomic E-state index is 0.361. The maximum atomic E-state index is 9.51. The zero-order valence-electron chi connectivity index (χ0n) is 7.80. The number of hydrogen-bond acceptors (Lipinski definition) is 2. The summed E-state index contributed by atoms with van der Waals surface area (Å²) in [6, 6.07) is 9.28. The lowest BCUT2D eigenvalue weighted by Crippen LogP contribution is -2.01. The molecule has 0 unspecified atom stereocenters. The summed E-state index contributed by atoms with van der Waals surface area (Å²) in [7, 11) is 0. The lowest BCUT2D eigenvalue weighted by atomic mass is 10.1. The first kappa shape index (κ1) is 8.81. The molecule has 0 saturated carbocycles. The van der Waals surface area contributed by atoms with Crippen LogP contribution >= 0.6 is 0 Å². The van der Waals surface area contributed by atoms with E-state index in [1.165, 1.54) is 0 Å². The van der Waals surface area contributed by atoms with Crippen LogP contribution in [0.3, 0.4) is 0 Å². The molecule has 72 valence electrons. The molecule has 14 heavy (non-hydrogen) atoms. The van der Waals surface area contributed by atoms with Crippen LogP contribution in [-0.2, 0) is 13.0 Å². The van der Waals surface area contributed by atoms with Crippen LogP contribution in [0.1, 0.15) is 5.56 Å². The Hall–Kier alpha value is -1.77. The highest BCUT2D eigenvalue weighted by Gasteiger charge is 1.99. The standard InChI is InChI=1S/C11H12N2O/c14-11-5-2-1-4-10(11)6-9-13-8-3-7-12-13/h1-5,7-8,14H,6,9H2. The molecule has 0 aliphatic heterocycles. The normalized spacial score (nSPS) is 10.3. The van der Waals surface area contributed by atoms with Gasteiger partial charge in [-0.1, -0.05) is 18.2 Å². The first-order valence-electron chi connectivity index (χ1n) is 4.60. The monoisotopic (exact) mass is 188 g/mol. The van der Waals surface area contributed by atoms with E-state index in [1.54, 1.807) is 12.3 Å². The SMILES string of the molecule is Oc1ccccc1CCn1cccn1. The third kappa shape index (κ3) is 1.93. The van der Waals surface area contributed by atoms with E-state index in [9.17, 15) is 5.11 Å². The predicted octanol–water partition coefficient (Wildman–Crippen LogP) is 1.83.